The molecule has 1 aliphatic heterocycles. The van der Waals surface area contributed by atoms with Gasteiger partial charge in [-0.05, 0) is 57.1 Å². The zero-order chi connectivity index (χ0) is 25.0. The number of hydrogen-bond donors (Lipinski definition) is 1. The molecule has 0 fully saturated rings. The van der Waals surface area contributed by atoms with Gasteiger partial charge in [0.25, 0.3) is 15.9 Å². The molecule has 3 rings (SSSR count). The van der Waals surface area contributed by atoms with Gasteiger partial charge in [0, 0.05) is 39.0 Å². The zero-order valence-corrected chi connectivity index (χ0v) is 21.6. The first kappa shape index (κ1) is 26.0. The average Bonchev–Trinajstić information content (AvgIpc) is 2.80. The molecule has 0 aromatic heterocycles. The summed E-state index contributed by atoms with van der Waals surface area (Å²) in [7, 11) is 1.61. The van der Waals surface area contributed by atoms with Crippen LogP contribution in [0.1, 0.15) is 29.8 Å². The van der Waals surface area contributed by atoms with E-state index in [9.17, 15) is 13.2 Å². The van der Waals surface area contributed by atoms with Crippen LogP contribution in [0.4, 0.5) is 5.69 Å². The summed E-state index contributed by atoms with van der Waals surface area (Å²) in [5.41, 5.74) is 1.55. The van der Waals surface area contributed by atoms with Crippen LogP contribution >= 0.6 is 0 Å². The molecule has 0 bridgehead atoms. The van der Waals surface area contributed by atoms with Crippen molar-refractivity contribution in [1.29, 1.82) is 0 Å². The number of rotatable bonds is 4. The molecule has 186 valence electrons. The van der Waals surface area contributed by atoms with Crippen LogP contribution in [0.25, 0.3) is 0 Å². The molecule has 1 N–H and O–H groups in total. The number of fused-ring (bicyclic) bond motifs is 1. The fourth-order valence-corrected chi connectivity index (χ4v) is 5.00. The van der Waals surface area contributed by atoms with Gasteiger partial charge in [0.15, 0.2) is 0 Å². The molecule has 0 saturated carbocycles. The first-order valence-electron chi connectivity index (χ1n) is 11.4. The zero-order valence-electron chi connectivity index (χ0n) is 20.7. The topological polar surface area (TPSA) is 88.2 Å². The van der Waals surface area contributed by atoms with E-state index in [4.69, 9.17) is 9.47 Å². The van der Waals surface area contributed by atoms with Gasteiger partial charge in [-0.3, -0.25) is 14.4 Å². The Kier molecular flexibility index (Phi) is 8.22. The lowest BCUT2D eigenvalue weighted by Gasteiger charge is -2.34. The molecule has 1 amide bonds. The Labute approximate surface area is 202 Å². The molecule has 9 heteroatoms. The lowest BCUT2D eigenvalue weighted by molar-refractivity contribution is 0.0150. The van der Waals surface area contributed by atoms with E-state index in [2.05, 4.69) is 23.5 Å². The van der Waals surface area contributed by atoms with Crippen molar-refractivity contribution in [3.8, 4) is 5.75 Å². The maximum atomic E-state index is 13.4. The van der Waals surface area contributed by atoms with E-state index in [1.165, 1.54) is 6.07 Å². The minimum Gasteiger partial charge on any atom is -0.491 e. The molecule has 1 heterocycles. The predicted molar refractivity (Wildman–Crippen MR) is 133 cm³/mol. The van der Waals surface area contributed by atoms with Crippen molar-refractivity contribution in [3.63, 3.8) is 0 Å². The molecular formula is C25H35N3O5S. The number of benzene rings is 2. The Morgan fingerprint density at radius 2 is 1.74 bits per heavy atom. The summed E-state index contributed by atoms with van der Waals surface area (Å²) in [5, 5.41) is 0. The van der Waals surface area contributed by atoms with Crippen molar-refractivity contribution in [3.05, 3.63) is 53.6 Å². The fraction of sp³-hybridized carbons (Fsp3) is 0.480. The second-order valence-electron chi connectivity index (χ2n) is 9.17. The number of sulfonamides is 1. The van der Waals surface area contributed by atoms with Crippen LogP contribution in [0.3, 0.4) is 0 Å². The van der Waals surface area contributed by atoms with Gasteiger partial charge < -0.3 is 14.4 Å². The maximum Gasteiger partial charge on any atom is 0.261 e. The maximum absolute atomic E-state index is 13.4. The van der Waals surface area contributed by atoms with Crippen molar-refractivity contribution >= 4 is 21.6 Å². The van der Waals surface area contributed by atoms with Gasteiger partial charge in [0.2, 0.25) is 0 Å². The number of amides is 1. The van der Waals surface area contributed by atoms with Crippen LogP contribution in [-0.4, -0.2) is 77.2 Å². The molecule has 0 spiro atoms. The number of ether oxygens (including phenoxy) is 2. The number of carbonyl (C=O) groups excluding carboxylic acids is 1. The highest BCUT2D eigenvalue weighted by atomic mass is 32.2. The minimum atomic E-state index is -3.81. The molecule has 0 saturated heterocycles. The third-order valence-corrected chi connectivity index (χ3v) is 7.74. The van der Waals surface area contributed by atoms with E-state index in [1.807, 2.05) is 14.0 Å². The number of nitrogens with one attached hydrogen (secondary N) is 1. The summed E-state index contributed by atoms with van der Waals surface area (Å²) in [4.78, 5) is 17.4. The van der Waals surface area contributed by atoms with Crippen LogP contribution in [-0.2, 0) is 14.8 Å². The molecule has 2 aromatic rings. The van der Waals surface area contributed by atoms with E-state index in [-0.39, 0.29) is 28.9 Å². The molecule has 1 aliphatic rings. The van der Waals surface area contributed by atoms with Gasteiger partial charge in [-0.1, -0.05) is 24.6 Å². The molecular weight excluding hydrogens is 454 g/mol. The smallest absolute Gasteiger partial charge is 0.261 e. The van der Waals surface area contributed by atoms with Crippen LogP contribution in [0.5, 0.6) is 5.75 Å². The Balaban J connectivity index is 1.95. The Hall–Kier alpha value is -2.62. The first-order valence-corrected chi connectivity index (χ1v) is 12.8. The second kappa shape index (κ2) is 10.8. The van der Waals surface area contributed by atoms with Gasteiger partial charge in [0.05, 0.1) is 16.6 Å². The summed E-state index contributed by atoms with van der Waals surface area (Å²) >= 11 is 0. The molecule has 0 radical (unpaired) electrons. The van der Waals surface area contributed by atoms with Crippen molar-refractivity contribution in [1.82, 2.24) is 9.80 Å². The lowest BCUT2D eigenvalue weighted by atomic mass is 10.0. The highest BCUT2D eigenvalue weighted by molar-refractivity contribution is 7.92. The van der Waals surface area contributed by atoms with E-state index in [1.54, 1.807) is 55.5 Å². The number of carbonyl (C=O) groups is 1. The van der Waals surface area contributed by atoms with Crippen molar-refractivity contribution in [2.45, 2.75) is 37.8 Å². The van der Waals surface area contributed by atoms with Crippen LogP contribution < -0.4 is 9.46 Å². The second-order valence-corrected chi connectivity index (χ2v) is 10.8. The highest BCUT2D eigenvalue weighted by Crippen LogP contribution is 2.27. The van der Waals surface area contributed by atoms with Gasteiger partial charge >= 0.3 is 0 Å². The summed E-state index contributed by atoms with van der Waals surface area (Å²) in [6.45, 7) is 7.66. The summed E-state index contributed by atoms with van der Waals surface area (Å²) in [6.07, 6.45) is -0.143. The highest BCUT2D eigenvalue weighted by Gasteiger charge is 2.27. The molecule has 8 nitrogen and oxygen atoms in total. The van der Waals surface area contributed by atoms with E-state index in [0.717, 1.165) is 12.1 Å². The normalized spacial score (nSPS) is 22.8. The van der Waals surface area contributed by atoms with Crippen LogP contribution in [0.2, 0.25) is 0 Å². The number of anilines is 1. The molecule has 0 aliphatic carbocycles. The van der Waals surface area contributed by atoms with E-state index >= 15 is 0 Å². The number of hydrogen-bond acceptors (Lipinski definition) is 6. The average molecular weight is 490 g/mol. The Bertz CT molecular complexity index is 1100. The number of nitrogens with zero attached hydrogens (tertiary/aromatic N) is 2. The minimum absolute atomic E-state index is 0.111. The quantitative estimate of drug-likeness (QED) is 0.710. The van der Waals surface area contributed by atoms with E-state index < -0.39 is 10.0 Å². The molecule has 2 aromatic carbocycles. The lowest BCUT2D eigenvalue weighted by Crippen LogP contribution is -2.45. The SMILES string of the molecule is CO[C@@H]1CN(C)C(=O)c2cc(NS(=O)(=O)c3ccc(C)cc3)ccc2OC[C@H](C)N(C)C[C@@H]1C. The largest absolute Gasteiger partial charge is 0.491 e. The Morgan fingerprint density at radius 3 is 2.38 bits per heavy atom. The third kappa shape index (κ3) is 6.08. The van der Waals surface area contributed by atoms with Gasteiger partial charge in [-0.2, -0.15) is 0 Å². The van der Waals surface area contributed by atoms with Gasteiger partial charge in [-0.25, -0.2) is 8.42 Å². The van der Waals surface area contributed by atoms with Crippen molar-refractivity contribution in [2.75, 3.05) is 45.6 Å². The molecule has 0 unspecified atom stereocenters. The summed E-state index contributed by atoms with van der Waals surface area (Å²) < 4.78 is 40.1. The predicted octanol–water partition coefficient (Wildman–Crippen LogP) is 3.23. The number of likely N-dealkylation sites (N-methyl/N-ethyl adjacent to an activating group) is 2. The third-order valence-electron chi connectivity index (χ3n) is 6.34. The van der Waals surface area contributed by atoms with Gasteiger partial charge in [-0.15, -0.1) is 0 Å². The summed E-state index contributed by atoms with van der Waals surface area (Å²) in [6, 6.07) is 11.5. The molecule has 3 atom stereocenters. The van der Waals surface area contributed by atoms with Crippen LogP contribution in [0, 0.1) is 12.8 Å². The van der Waals surface area contributed by atoms with Crippen molar-refractivity contribution in [2.24, 2.45) is 5.92 Å². The van der Waals surface area contributed by atoms with Crippen molar-refractivity contribution < 1.29 is 22.7 Å². The monoisotopic (exact) mass is 489 g/mol. The fourth-order valence-electron chi connectivity index (χ4n) is 3.95. The first-order chi connectivity index (χ1) is 16.0. The summed E-state index contributed by atoms with van der Waals surface area (Å²) in [5.74, 6) is 0.347. The van der Waals surface area contributed by atoms with Crippen LogP contribution in [0.15, 0.2) is 47.4 Å². The van der Waals surface area contributed by atoms with Gasteiger partial charge in [0.1, 0.15) is 12.4 Å². The number of aryl methyl sites for hydroxylation is 1. The number of methoxy groups -OCH3 is 1. The standard InChI is InChI=1S/C25H35N3O5S/c1-17-7-10-21(11-8-17)34(30,31)26-20-9-12-23-22(13-20)25(29)28(5)15-24(32-6)18(2)14-27(4)19(3)16-33-23/h7-13,18-19,24,26H,14-16H2,1-6H3/t18-,19-,24+/m0/s1. The van der Waals surface area contributed by atoms with E-state index in [0.29, 0.717) is 30.2 Å². The Morgan fingerprint density at radius 1 is 1.06 bits per heavy atom. The molecule has 34 heavy (non-hydrogen) atoms.